The van der Waals surface area contributed by atoms with Crippen LogP contribution in [0.25, 0.3) is 0 Å². The van der Waals surface area contributed by atoms with E-state index in [2.05, 4.69) is 6.92 Å². The van der Waals surface area contributed by atoms with Gasteiger partial charge in [-0.15, -0.1) is 0 Å². The van der Waals surface area contributed by atoms with Crippen molar-refractivity contribution in [1.29, 1.82) is 0 Å². The smallest absolute Gasteiger partial charge is 0.306 e. The van der Waals surface area contributed by atoms with Crippen LogP contribution in [0, 0.1) is 23.2 Å². The Hall–Kier alpha value is -0.570. The Balaban J connectivity index is 2.16. The van der Waals surface area contributed by atoms with Gasteiger partial charge in [-0.25, -0.2) is 0 Å². The largest absolute Gasteiger partial charge is 0.481 e. The molecule has 0 aromatic heterocycles. The predicted octanol–water partition coefficient (Wildman–Crippen LogP) is 3.06. The van der Waals surface area contributed by atoms with Gasteiger partial charge in [-0.2, -0.15) is 0 Å². The molecule has 2 aliphatic carbocycles. The minimum Gasteiger partial charge on any atom is -0.481 e. The van der Waals surface area contributed by atoms with Gasteiger partial charge in [-0.3, -0.25) is 4.79 Å². The van der Waals surface area contributed by atoms with E-state index in [-0.39, 0.29) is 23.2 Å². The predicted molar refractivity (Wildman–Crippen MR) is 70.2 cm³/mol. The van der Waals surface area contributed by atoms with Gasteiger partial charge >= 0.3 is 5.97 Å². The quantitative estimate of drug-likeness (QED) is 0.796. The van der Waals surface area contributed by atoms with Crippen molar-refractivity contribution in [3.05, 3.63) is 0 Å². The number of carboxylic acids is 1. The lowest BCUT2D eigenvalue weighted by Crippen LogP contribution is -2.52. The summed E-state index contributed by atoms with van der Waals surface area (Å²) in [6.45, 7) is 6.04. The molecular weight excluding hydrogens is 228 g/mol. The van der Waals surface area contributed by atoms with E-state index in [0.29, 0.717) is 0 Å². The molecule has 0 spiro atoms. The number of carboxylic acid groups (broad SMARTS) is 1. The molecule has 0 amide bonds. The third-order valence-electron chi connectivity index (χ3n) is 5.74. The summed E-state index contributed by atoms with van der Waals surface area (Å²) >= 11 is 0. The van der Waals surface area contributed by atoms with E-state index in [1.54, 1.807) is 0 Å². The summed E-state index contributed by atoms with van der Waals surface area (Å²) in [6.07, 6.45) is 6.08. The molecule has 3 heteroatoms. The highest BCUT2D eigenvalue weighted by Gasteiger charge is 2.51. The number of hydrogen-bond donors (Lipinski definition) is 2. The molecule has 0 aromatic carbocycles. The Kier molecular flexibility index (Phi) is 3.48. The summed E-state index contributed by atoms with van der Waals surface area (Å²) in [4.78, 5) is 11.1. The Labute approximate surface area is 110 Å². The minimum absolute atomic E-state index is 0.219. The monoisotopic (exact) mass is 254 g/mol. The van der Waals surface area contributed by atoms with Crippen LogP contribution in [-0.4, -0.2) is 21.8 Å². The lowest BCUT2D eigenvalue weighted by molar-refractivity contribution is -0.151. The first-order valence-electron chi connectivity index (χ1n) is 7.21. The molecule has 104 valence electrons. The van der Waals surface area contributed by atoms with Gasteiger partial charge in [-0.05, 0) is 56.3 Å². The van der Waals surface area contributed by atoms with Gasteiger partial charge in [0.25, 0.3) is 0 Å². The molecular formula is C15H26O3. The zero-order valence-corrected chi connectivity index (χ0v) is 11.8. The van der Waals surface area contributed by atoms with Crippen LogP contribution in [-0.2, 0) is 4.79 Å². The highest BCUT2D eigenvalue weighted by molar-refractivity contribution is 5.69. The highest BCUT2D eigenvalue weighted by Crippen LogP contribution is 2.56. The van der Waals surface area contributed by atoms with Crippen LogP contribution < -0.4 is 0 Å². The van der Waals surface area contributed by atoms with E-state index in [4.69, 9.17) is 5.11 Å². The minimum atomic E-state index is -0.695. The third kappa shape index (κ3) is 2.29. The van der Waals surface area contributed by atoms with E-state index in [1.165, 1.54) is 6.42 Å². The number of rotatable bonds is 2. The fourth-order valence-corrected chi connectivity index (χ4v) is 4.38. The molecule has 0 aliphatic heterocycles. The number of fused-ring (bicyclic) bond motifs is 1. The fourth-order valence-electron chi connectivity index (χ4n) is 4.38. The molecule has 2 rings (SSSR count). The fraction of sp³-hybridized carbons (Fsp3) is 0.933. The Morgan fingerprint density at radius 2 is 1.94 bits per heavy atom. The second-order valence-corrected chi connectivity index (χ2v) is 7.08. The van der Waals surface area contributed by atoms with E-state index < -0.39 is 11.6 Å². The maximum absolute atomic E-state index is 11.1. The maximum atomic E-state index is 11.1. The van der Waals surface area contributed by atoms with Crippen LogP contribution in [0.15, 0.2) is 0 Å². The number of aliphatic hydroxyl groups is 1. The van der Waals surface area contributed by atoms with Crippen molar-refractivity contribution < 1.29 is 15.0 Å². The molecule has 2 fully saturated rings. The van der Waals surface area contributed by atoms with Crippen molar-refractivity contribution in [2.24, 2.45) is 23.2 Å². The topological polar surface area (TPSA) is 57.5 Å². The van der Waals surface area contributed by atoms with Gasteiger partial charge in [0.05, 0.1) is 11.5 Å². The van der Waals surface area contributed by atoms with E-state index in [1.807, 2.05) is 13.8 Å². The standard InChI is InChI=1S/C15H26O3/c1-10(13(16)17)11-5-8-14(2)6-4-7-15(3,18)12(14)9-11/h10-12,18H,4-9H2,1-3H3,(H,16,17). The van der Waals surface area contributed by atoms with Crippen molar-refractivity contribution in [2.45, 2.75) is 64.9 Å². The lowest BCUT2D eigenvalue weighted by Gasteiger charge is -2.54. The summed E-state index contributed by atoms with van der Waals surface area (Å²) in [5.41, 5.74) is -0.389. The summed E-state index contributed by atoms with van der Waals surface area (Å²) in [5.74, 6) is -0.490. The molecule has 0 heterocycles. The number of hydrogen-bond acceptors (Lipinski definition) is 2. The van der Waals surface area contributed by atoms with E-state index in [9.17, 15) is 9.90 Å². The van der Waals surface area contributed by atoms with E-state index >= 15 is 0 Å². The van der Waals surface area contributed by atoms with Crippen LogP contribution in [0.3, 0.4) is 0 Å². The average Bonchev–Trinajstić information content (AvgIpc) is 2.27. The molecule has 2 N–H and O–H groups in total. The first kappa shape index (κ1) is 13.9. The summed E-state index contributed by atoms with van der Waals surface area (Å²) in [7, 11) is 0. The van der Waals surface area contributed by atoms with Gasteiger partial charge in [0.1, 0.15) is 0 Å². The van der Waals surface area contributed by atoms with Crippen molar-refractivity contribution in [3.63, 3.8) is 0 Å². The van der Waals surface area contributed by atoms with Gasteiger partial charge in [0.2, 0.25) is 0 Å². The van der Waals surface area contributed by atoms with Crippen LogP contribution in [0.5, 0.6) is 0 Å². The van der Waals surface area contributed by atoms with Gasteiger partial charge in [0.15, 0.2) is 0 Å². The highest BCUT2D eigenvalue weighted by atomic mass is 16.4. The van der Waals surface area contributed by atoms with Crippen LogP contribution in [0.4, 0.5) is 0 Å². The van der Waals surface area contributed by atoms with Crippen molar-refractivity contribution in [1.82, 2.24) is 0 Å². The van der Waals surface area contributed by atoms with Crippen LogP contribution in [0.2, 0.25) is 0 Å². The van der Waals surface area contributed by atoms with Crippen molar-refractivity contribution in [2.75, 3.05) is 0 Å². The zero-order valence-electron chi connectivity index (χ0n) is 11.8. The molecule has 0 aromatic rings. The molecule has 5 unspecified atom stereocenters. The Morgan fingerprint density at radius 3 is 2.56 bits per heavy atom. The molecule has 0 saturated heterocycles. The van der Waals surface area contributed by atoms with Crippen molar-refractivity contribution in [3.8, 4) is 0 Å². The second kappa shape index (κ2) is 4.52. The molecule has 18 heavy (non-hydrogen) atoms. The molecule has 0 radical (unpaired) electrons. The van der Waals surface area contributed by atoms with Gasteiger partial charge in [0, 0.05) is 0 Å². The van der Waals surface area contributed by atoms with Crippen LogP contribution >= 0.6 is 0 Å². The summed E-state index contributed by atoms with van der Waals surface area (Å²) in [6, 6.07) is 0. The Bertz CT molecular complexity index is 337. The first-order chi connectivity index (χ1) is 8.26. The average molecular weight is 254 g/mol. The SMILES string of the molecule is CC(C(=O)O)C1CCC2(C)CCCC(C)(O)C2C1. The maximum Gasteiger partial charge on any atom is 0.306 e. The lowest BCUT2D eigenvalue weighted by atomic mass is 9.52. The van der Waals surface area contributed by atoms with Crippen LogP contribution in [0.1, 0.15) is 59.3 Å². The van der Waals surface area contributed by atoms with Gasteiger partial charge in [-0.1, -0.05) is 20.3 Å². The first-order valence-corrected chi connectivity index (χ1v) is 7.21. The molecule has 5 atom stereocenters. The summed E-state index contributed by atoms with van der Waals surface area (Å²) < 4.78 is 0. The normalized spacial score (nSPS) is 46.2. The van der Waals surface area contributed by atoms with E-state index in [0.717, 1.165) is 32.1 Å². The second-order valence-electron chi connectivity index (χ2n) is 7.08. The molecule has 2 saturated carbocycles. The zero-order chi connectivity index (χ0) is 13.6. The molecule has 3 nitrogen and oxygen atoms in total. The number of carbonyl (C=O) groups is 1. The third-order valence-corrected chi connectivity index (χ3v) is 5.74. The van der Waals surface area contributed by atoms with Crippen molar-refractivity contribution >= 4 is 5.97 Å². The number of aliphatic carboxylic acids is 1. The molecule has 2 aliphatic rings. The Morgan fingerprint density at radius 1 is 1.28 bits per heavy atom. The summed E-state index contributed by atoms with van der Waals surface area (Å²) in [5, 5.41) is 19.8. The molecule has 0 bridgehead atoms. The van der Waals surface area contributed by atoms with Gasteiger partial charge < -0.3 is 10.2 Å².